The smallest absolute Gasteiger partial charge is 0.404 e. The zero-order valence-electron chi connectivity index (χ0n) is 17.0. The van der Waals surface area contributed by atoms with Crippen molar-refractivity contribution in [2.75, 3.05) is 13.6 Å². The molecule has 0 saturated heterocycles. The third-order valence-corrected chi connectivity index (χ3v) is 5.24. The first-order chi connectivity index (χ1) is 14.2. The van der Waals surface area contributed by atoms with E-state index in [0.29, 0.717) is 16.7 Å². The lowest BCUT2D eigenvalue weighted by molar-refractivity contribution is 0.0635. The maximum absolute atomic E-state index is 12.7. The summed E-state index contributed by atoms with van der Waals surface area (Å²) in [4.78, 5) is 49.7. The molecule has 30 heavy (non-hydrogen) atoms. The highest BCUT2D eigenvalue weighted by Crippen LogP contribution is 2.24. The Hall–Kier alpha value is -3.68. The molecule has 1 atom stereocenters. The van der Waals surface area contributed by atoms with Gasteiger partial charge >= 0.3 is 6.09 Å². The molecule has 2 aromatic carbocycles. The molecule has 0 saturated carbocycles. The first-order valence-corrected chi connectivity index (χ1v) is 9.49. The summed E-state index contributed by atoms with van der Waals surface area (Å²) in [7, 11) is 1.55. The Labute approximate surface area is 173 Å². The second kappa shape index (κ2) is 8.36. The molecule has 1 aliphatic heterocycles. The standard InChI is InChI=1S/C22H23N3O5/c1-12-8-14(19(26)23-3)9-13(2)18(12)10-15(24-22(29)30)11-25-20(27)16-6-4-5-7-17(16)21(25)28/h4-9,15,24H,10-11H2,1-3H3,(H,23,26)(H,29,30). The highest BCUT2D eigenvalue weighted by atomic mass is 16.4. The second-order valence-corrected chi connectivity index (χ2v) is 7.28. The molecule has 2 aromatic rings. The van der Waals surface area contributed by atoms with Crippen molar-refractivity contribution in [1.82, 2.24) is 15.5 Å². The van der Waals surface area contributed by atoms with Crippen LogP contribution in [0.15, 0.2) is 36.4 Å². The van der Waals surface area contributed by atoms with Crippen molar-refractivity contribution in [3.8, 4) is 0 Å². The molecule has 1 heterocycles. The van der Waals surface area contributed by atoms with Crippen LogP contribution in [0.2, 0.25) is 0 Å². The van der Waals surface area contributed by atoms with Crippen molar-refractivity contribution in [1.29, 1.82) is 0 Å². The number of amides is 4. The lowest BCUT2D eigenvalue weighted by Crippen LogP contribution is -2.46. The number of carbonyl (C=O) groups is 4. The number of aryl methyl sites for hydroxylation is 2. The number of hydrogen-bond acceptors (Lipinski definition) is 4. The number of nitrogens with one attached hydrogen (secondary N) is 2. The molecule has 0 aliphatic carbocycles. The van der Waals surface area contributed by atoms with Crippen LogP contribution in [0.5, 0.6) is 0 Å². The molecule has 8 nitrogen and oxygen atoms in total. The Balaban J connectivity index is 1.86. The van der Waals surface area contributed by atoms with E-state index in [1.165, 1.54) is 0 Å². The van der Waals surface area contributed by atoms with Crippen molar-refractivity contribution < 1.29 is 24.3 Å². The molecule has 156 valence electrons. The Bertz CT molecular complexity index is 989. The van der Waals surface area contributed by atoms with Crippen LogP contribution in [0.4, 0.5) is 4.79 Å². The average Bonchev–Trinajstić information content (AvgIpc) is 2.94. The number of rotatable bonds is 6. The quantitative estimate of drug-likeness (QED) is 0.632. The summed E-state index contributed by atoms with van der Waals surface area (Å²) in [5, 5.41) is 14.3. The van der Waals surface area contributed by atoms with Crippen molar-refractivity contribution in [2.45, 2.75) is 26.3 Å². The zero-order chi connectivity index (χ0) is 22.0. The second-order valence-electron chi connectivity index (χ2n) is 7.28. The third-order valence-electron chi connectivity index (χ3n) is 5.24. The maximum atomic E-state index is 12.7. The molecular weight excluding hydrogens is 386 g/mol. The molecule has 3 N–H and O–H groups in total. The van der Waals surface area contributed by atoms with Crippen LogP contribution in [0.25, 0.3) is 0 Å². The van der Waals surface area contributed by atoms with Gasteiger partial charge in [-0.25, -0.2) is 4.79 Å². The first-order valence-electron chi connectivity index (χ1n) is 9.49. The fraction of sp³-hybridized carbons (Fsp3) is 0.273. The zero-order valence-corrected chi connectivity index (χ0v) is 17.0. The van der Waals surface area contributed by atoms with Crippen molar-refractivity contribution in [3.63, 3.8) is 0 Å². The number of carboxylic acid groups (broad SMARTS) is 1. The average molecular weight is 409 g/mol. The highest BCUT2D eigenvalue weighted by Gasteiger charge is 2.36. The summed E-state index contributed by atoms with van der Waals surface area (Å²) in [5.41, 5.74) is 3.66. The SMILES string of the molecule is CNC(=O)c1cc(C)c(CC(CN2C(=O)c3ccccc3C2=O)NC(=O)O)c(C)c1. The summed E-state index contributed by atoms with van der Waals surface area (Å²) in [6.07, 6.45) is -0.973. The Morgan fingerprint density at radius 2 is 1.57 bits per heavy atom. The molecule has 1 aliphatic rings. The first kappa shape index (κ1) is 21.0. The minimum atomic E-state index is -1.24. The normalized spacial score (nSPS) is 13.8. The van der Waals surface area contributed by atoms with Crippen LogP contribution < -0.4 is 10.6 Å². The molecule has 3 rings (SSSR count). The lowest BCUT2D eigenvalue weighted by Gasteiger charge is -2.24. The minimum Gasteiger partial charge on any atom is -0.465 e. The van der Waals surface area contributed by atoms with Crippen molar-refractivity contribution in [3.05, 3.63) is 69.8 Å². The van der Waals surface area contributed by atoms with Gasteiger partial charge in [0.1, 0.15) is 0 Å². The van der Waals surface area contributed by atoms with Gasteiger partial charge in [-0.05, 0) is 61.2 Å². The van der Waals surface area contributed by atoms with Crippen LogP contribution in [0.1, 0.15) is 47.8 Å². The molecule has 0 fully saturated rings. The van der Waals surface area contributed by atoms with Gasteiger partial charge in [-0.15, -0.1) is 0 Å². The summed E-state index contributed by atoms with van der Waals surface area (Å²) in [5.74, 6) is -1.08. The molecular formula is C22H23N3O5. The monoisotopic (exact) mass is 409 g/mol. The fourth-order valence-corrected chi connectivity index (χ4v) is 3.80. The molecule has 0 aromatic heterocycles. The van der Waals surface area contributed by atoms with E-state index >= 15 is 0 Å². The summed E-state index contributed by atoms with van der Waals surface area (Å²) in [6, 6.07) is 9.31. The minimum absolute atomic E-state index is 0.0886. The van der Waals surface area contributed by atoms with E-state index in [9.17, 15) is 24.3 Å². The van der Waals surface area contributed by atoms with E-state index < -0.39 is 23.9 Å². The van der Waals surface area contributed by atoms with Gasteiger partial charge in [0, 0.05) is 12.6 Å². The third kappa shape index (κ3) is 4.03. The van der Waals surface area contributed by atoms with E-state index in [1.807, 2.05) is 13.8 Å². The van der Waals surface area contributed by atoms with Gasteiger partial charge < -0.3 is 15.7 Å². The highest BCUT2D eigenvalue weighted by molar-refractivity contribution is 6.21. The Morgan fingerprint density at radius 3 is 2.03 bits per heavy atom. The Morgan fingerprint density at radius 1 is 1.03 bits per heavy atom. The van der Waals surface area contributed by atoms with Gasteiger partial charge in [0.25, 0.3) is 17.7 Å². The van der Waals surface area contributed by atoms with Gasteiger partial charge in [0.05, 0.1) is 23.7 Å². The molecule has 1 unspecified atom stereocenters. The van der Waals surface area contributed by atoms with Gasteiger partial charge in [-0.3, -0.25) is 19.3 Å². The van der Waals surface area contributed by atoms with E-state index in [1.54, 1.807) is 43.4 Å². The number of benzene rings is 2. The molecule has 8 heteroatoms. The number of hydrogen-bond donors (Lipinski definition) is 3. The number of carbonyl (C=O) groups excluding carboxylic acids is 3. The van der Waals surface area contributed by atoms with E-state index in [4.69, 9.17) is 0 Å². The molecule has 4 amide bonds. The summed E-state index contributed by atoms with van der Waals surface area (Å²) < 4.78 is 0. The van der Waals surface area contributed by atoms with Crippen LogP contribution >= 0.6 is 0 Å². The van der Waals surface area contributed by atoms with Gasteiger partial charge in [0.15, 0.2) is 0 Å². The molecule has 0 spiro atoms. The number of nitrogens with zero attached hydrogens (tertiary/aromatic N) is 1. The van der Waals surface area contributed by atoms with Crippen molar-refractivity contribution in [2.24, 2.45) is 0 Å². The molecule has 0 bridgehead atoms. The largest absolute Gasteiger partial charge is 0.465 e. The predicted octanol–water partition coefficient (Wildman–Crippen LogP) is 2.14. The Kier molecular flexibility index (Phi) is 5.86. The summed E-state index contributed by atoms with van der Waals surface area (Å²) in [6.45, 7) is 3.60. The van der Waals surface area contributed by atoms with Crippen LogP contribution in [0.3, 0.4) is 0 Å². The number of imide groups is 1. The summed E-state index contributed by atoms with van der Waals surface area (Å²) >= 11 is 0. The fourth-order valence-electron chi connectivity index (χ4n) is 3.80. The maximum Gasteiger partial charge on any atom is 0.404 e. The van der Waals surface area contributed by atoms with Crippen LogP contribution in [-0.4, -0.2) is 53.5 Å². The number of fused-ring (bicyclic) bond motifs is 1. The van der Waals surface area contributed by atoms with Crippen LogP contribution in [0, 0.1) is 13.8 Å². The van der Waals surface area contributed by atoms with Crippen molar-refractivity contribution >= 4 is 23.8 Å². The van der Waals surface area contributed by atoms with E-state index in [0.717, 1.165) is 21.6 Å². The lowest BCUT2D eigenvalue weighted by atomic mass is 9.93. The molecule has 0 radical (unpaired) electrons. The van der Waals surface area contributed by atoms with E-state index in [2.05, 4.69) is 10.6 Å². The van der Waals surface area contributed by atoms with E-state index in [-0.39, 0.29) is 18.9 Å². The van der Waals surface area contributed by atoms with Gasteiger partial charge in [-0.2, -0.15) is 0 Å². The van der Waals surface area contributed by atoms with Gasteiger partial charge in [0.2, 0.25) is 0 Å². The predicted molar refractivity (Wildman–Crippen MR) is 110 cm³/mol. The van der Waals surface area contributed by atoms with Crippen LogP contribution in [-0.2, 0) is 6.42 Å². The topological polar surface area (TPSA) is 116 Å². The van der Waals surface area contributed by atoms with Gasteiger partial charge in [-0.1, -0.05) is 12.1 Å².